The molecule has 2 atom stereocenters. The van der Waals surface area contributed by atoms with E-state index >= 15 is 0 Å². The Morgan fingerprint density at radius 1 is 1.50 bits per heavy atom. The maximum absolute atomic E-state index is 4.48. The Balaban J connectivity index is 2.17. The average molecular weight is 263 g/mol. The van der Waals surface area contributed by atoms with Gasteiger partial charge in [-0.2, -0.15) is 0 Å². The van der Waals surface area contributed by atoms with Gasteiger partial charge in [0.15, 0.2) is 0 Å². The quantitative estimate of drug-likeness (QED) is 0.867. The Kier molecular flexibility index (Phi) is 4.55. The Morgan fingerprint density at radius 2 is 2.33 bits per heavy atom. The van der Waals surface area contributed by atoms with Crippen molar-refractivity contribution in [2.75, 3.05) is 6.54 Å². The third kappa shape index (κ3) is 3.00. The van der Waals surface area contributed by atoms with Crippen molar-refractivity contribution in [2.45, 2.75) is 26.3 Å². The third-order valence-corrected chi connectivity index (χ3v) is 4.25. The molecule has 2 rings (SSSR count). The maximum atomic E-state index is 4.48. The molecule has 18 heavy (non-hydrogen) atoms. The third-order valence-electron chi connectivity index (χ3n) is 3.31. The molecule has 98 valence electrons. The van der Waals surface area contributed by atoms with E-state index in [9.17, 15) is 0 Å². The predicted octanol–water partition coefficient (Wildman–Crippen LogP) is 3.21. The number of hydrogen-bond donors (Lipinski definition) is 1. The zero-order chi connectivity index (χ0) is 13.0. The van der Waals surface area contributed by atoms with E-state index in [1.165, 1.54) is 11.3 Å². The fourth-order valence-electron chi connectivity index (χ4n) is 1.89. The van der Waals surface area contributed by atoms with Gasteiger partial charge in [-0.3, -0.25) is 0 Å². The molecular formula is C14H21N3S. The summed E-state index contributed by atoms with van der Waals surface area (Å²) in [6, 6.07) is 4.48. The minimum Gasteiger partial charge on any atom is -0.336 e. The summed E-state index contributed by atoms with van der Waals surface area (Å²) in [5.41, 5.74) is 0. The summed E-state index contributed by atoms with van der Waals surface area (Å²) >= 11 is 1.78. The smallest absolute Gasteiger partial charge is 0.131 e. The molecule has 2 heterocycles. The molecule has 0 aliphatic rings. The van der Waals surface area contributed by atoms with E-state index in [2.05, 4.69) is 46.2 Å². The van der Waals surface area contributed by atoms with Gasteiger partial charge in [-0.25, -0.2) is 4.98 Å². The van der Waals surface area contributed by atoms with Crippen molar-refractivity contribution < 1.29 is 0 Å². The van der Waals surface area contributed by atoms with Gasteiger partial charge in [0, 0.05) is 24.3 Å². The highest BCUT2D eigenvalue weighted by molar-refractivity contribution is 7.10. The van der Waals surface area contributed by atoms with Gasteiger partial charge >= 0.3 is 0 Å². The number of imidazole rings is 1. The average Bonchev–Trinajstić information content (AvgIpc) is 3.02. The van der Waals surface area contributed by atoms with Crippen LogP contribution in [-0.2, 0) is 7.05 Å². The van der Waals surface area contributed by atoms with Crippen molar-refractivity contribution in [3.8, 4) is 0 Å². The molecule has 0 spiro atoms. The number of aromatic nitrogens is 2. The first kappa shape index (κ1) is 13.3. The molecule has 0 bridgehead atoms. The van der Waals surface area contributed by atoms with Gasteiger partial charge in [-0.15, -0.1) is 11.3 Å². The van der Waals surface area contributed by atoms with Gasteiger partial charge in [0.1, 0.15) is 11.9 Å². The number of aryl methyl sites for hydroxylation is 1. The molecule has 2 aromatic rings. The first-order valence-electron chi connectivity index (χ1n) is 6.46. The molecule has 0 aromatic carbocycles. The number of hydrogen-bond acceptors (Lipinski definition) is 3. The summed E-state index contributed by atoms with van der Waals surface area (Å²) < 4.78 is 2.09. The van der Waals surface area contributed by atoms with Crippen LogP contribution < -0.4 is 5.32 Å². The van der Waals surface area contributed by atoms with Crippen LogP contribution in [0.4, 0.5) is 0 Å². The lowest BCUT2D eigenvalue weighted by Crippen LogP contribution is -2.28. The van der Waals surface area contributed by atoms with Crippen LogP contribution in [0.3, 0.4) is 0 Å². The van der Waals surface area contributed by atoms with E-state index in [-0.39, 0.29) is 6.04 Å². The standard InChI is InChI=1S/C14H21N3S/c1-4-11(2)10-16-13(12-6-5-9-18-12)14-15-7-8-17(14)3/h5-9,11,13,16H,4,10H2,1-3H3. The van der Waals surface area contributed by atoms with Crippen LogP contribution in [-0.4, -0.2) is 16.1 Å². The Morgan fingerprint density at radius 3 is 2.89 bits per heavy atom. The Bertz CT molecular complexity index is 461. The molecule has 0 saturated heterocycles. The number of thiophene rings is 1. The molecule has 1 N–H and O–H groups in total. The zero-order valence-corrected chi connectivity index (χ0v) is 12.1. The lowest BCUT2D eigenvalue weighted by atomic mass is 10.1. The molecule has 0 aliphatic heterocycles. The molecule has 0 saturated carbocycles. The van der Waals surface area contributed by atoms with Crippen molar-refractivity contribution >= 4 is 11.3 Å². The minimum absolute atomic E-state index is 0.207. The van der Waals surface area contributed by atoms with Gasteiger partial charge in [-0.05, 0) is 23.9 Å². The first-order valence-corrected chi connectivity index (χ1v) is 7.34. The highest BCUT2D eigenvalue weighted by atomic mass is 32.1. The van der Waals surface area contributed by atoms with Gasteiger partial charge in [0.2, 0.25) is 0 Å². The van der Waals surface area contributed by atoms with Crippen LogP contribution in [0.25, 0.3) is 0 Å². The number of nitrogens with zero attached hydrogens (tertiary/aromatic N) is 2. The summed E-state index contributed by atoms with van der Waals surface area (Å²) in [4.78, 5) is 5.81. The summed E-state index contributed by atoms with van der Waals surface area (Å²) in [6.45, 7) is 5.52. The SMILES string of the molecule is CCC(C)CNC(c1cccs1)c1nccn1C. The molecule has 4 heteroatoms. The molecule has 0 amide bonds. The molecule has 2 aromatic heterocycles. The molecule has 2 unspecified atom stereocenters. The van der Waals surface area contributed by atoms with E-state index in [0.717, 1.165) is 12.4 Å². The summed E-state index contributed by atoms with van der Waals surface area (Å²) in [5, 5.41) is 5.76. The van der Waals surface area contributed by atoms with E-state index < -0.39 is 0 Å². The van der Waals surface area contributed by atoms with Crippen LogP contribution in [0.2, 0.25) is 0 Å². The van der Waals surface area contributed by atoms with E-state index in [4.69, 9.17) is 0 Å². The van der Waals surface area contributed by atoms with Crippen LogP contribution in [0, 0.1) is 5.92 Å². The maximum Gasteiger partial charge on any atom is 0.131 e. The monoisotopic (exact) mass is 263 g/mol. The van der Waals surface area contributed by atoms with Crippen LogP contribution in [0.1, 0.15) is 37.0 Å². The van der Waals surface area contributed by atoms with Crippen molar-refractivity contribution in [3.63, 3.8) is 0 Å². The summed E-state index contributed by atoms with van der Waals surface area (Å²) in [6.07, 6.45) is 5.06. The largest absolute Gasteiger partial charge is 0.336 e. The van der Waals surface area contributed by atoms with Gasteiger partial charge in [0.05, 0.1) is 0 Å². The Labute approximate surface area is 113 Å². The Hall–Kier alpha value is -1.13. The van der Waals surface area contributed by atoms with Crippen LogP contribution in [0.15, 0.2) is 29.9 Å². The highest BCUT2D eigenvalue weighted by Gasteiger charge is 2.19. The van der Waals surface area contributed by atoms with Crippen molar-refractivity contribution in [1.82, 2.24) is 14.9 Å². The van der Waals surface area contributed by atoms with Gasteiger partial charge in [0.25, 0.3) is 0 Å². The normalized spacial score (nSPS) is 14.6. The van der Waals surface area contributed by atoms with Crippen molar-refractivity contribution in [2.24, 2.45) is 13.0 Å². The topological polar surface area (TPSA) is 29.9 Å². The highest BCUT2D eigenvalue weighted by Crippen LogP contribution is 2.24. The van der Waals surface area contributed by atoms with Gasteiger partial charge in [-0.1, -0.05) is 26.3 Å². The van der Waals surface area contributed by atoms with Gasteiger partial charge < -0.3 is 9.88 Å². The second-order valence-electron chi connectivity index (χ2n) is 4.77. The molecule has 0 aliphatic carbocycles. The molecule has 0 fully saturated rings. The van der Waals surface area contributed by atoms with Crippen LogP contribution >= 0.6 is 11.3 Å². The molecule has 3 nitrogen and oxygen atoms in total. The van der Waals surface area contributed by atoms with Crippen molar-refractivity contribution in [1.29, 1.82) is 0 Å². The fourth-order valence-corrected chi connectivity index (χ4v) is 2.69. The van der Waals surface area contributed by atoms with E-state index in [1.54, 1.807) is 11.3 Å². The lowest BCUT2D eigenvalue weighted by Gasteiger charge is -2.19. The second-order valence-corrected chi connectivity index (χ2v) is 5.75. The van der Waals surface area contributed by atoms with Crippen molar-refractivity contribution in [3.05, 3.63) is 40.6 Å². The fraction of sp³-hybridized carbons (Fsp3) is 0.500. The predicted molar refractivity (Wildman–Crippen MR) is 76.8 cm³/mol. The number of nitrogens with one attached hydrogen (secondary N) is 1. The number of rotatable bonds is 6. The summed E-state index contributed by atoms with van der Waals surface area (Å²) in [7, 11) is 2.05. The van der Waals surface area contributed by atoms with Crippen LogP contribution in [0.5, 0.6) is 0 Å². The lowest BCUT2D eigenvalue weighted by molar-refractivity contribution is 0.462. The van der Waals surface area contributed by atoms with E-state index in [0.29, 0.717) is 5.92 Å². The molecular weight excluding hydrogens is 242 g/mol. The second kappa shape index (κ2) is 6.16. The first-order chi connectivity index (χ1) is 8.72. The summed E-state index contributed by atoms with van der Waals surface area (Å²) in [5.74, 6) is 1.77. The van der Waals surface area contributed by atoms with E-state index in [1.807, 2.05) is 19.4 Å². The minimum atomic E-state index is 0.207. The molecule has 0 radical (unpaired) electrons. The zero-order valence-electron chi connectivity index (χ0n) is 11.3.